The van der Waals surface area contributed by atoms with Gasteiger partial charge in [-0.1, -0.05) is 34.1 Å². The summed E-state index contributed by atoms with van der Waals surface area (Å²) in [6, 6.07) is 11.6. The highest BCUT2D eigenvalue weighted by molar-refractivity contribution is 9.10. The van der Waals surface area contributed by atoms with E-state index in [1.807, 2.05) is 24.3 Å². The minimum absolute atomic E-state index is 0.0712. The van der Waals surface area contributed by atoms with Crippen molar-refractivity contribution >= 4 is 37.3 Å². The van der Waals surface area contributed by atoms with Crippen LogP contribution in [0.15, 0.2) is 51.8 Å². The molecular formula is C18H20BrN3O5S. The monoisotopic (exact) mass is 469 g/mol. The van der Waals surface area contributed by atoms with E-state index in [4.69, 9.17) is 4.74 Å². The predicted molar refractivity (Wildman–Crippen MR) is 109 cm³/mol. The zero-order chi connectivity index (χ0) is 20.3. The molecule has 8 nitrogen and oxygen atoms in total. The summed E-state index contributed by atoms with van der Waals surface area (Å²) < 4.78 is 33.9. The molecule has 10 heteroatoms. The lowest BCUT2D eigenvalue weighted by atomic mass is 10.2. The van der Waals surface area contributed by atoms with E-state index in [0.29, 0.717) is 25.4 Å². The van der Waals surface area contributed by atoms with Gasteiger partial charge in [0.2, 0.25) is 10.0 Å². The number of hydrogen-bond acceptors (Lipinski definition) is 6. The maximum absolute atomic E-state index is 13.2. The number of hydrogen-bond donors (Lipinski definition) is 0. The van der Waals surface area contributed by atoms with Gasteiger partial charge in [0.15, 0.2) is 0 Å². The van der Waals surface area contributed by atoms with Crippen LogP contribution in [0, 0.1) is 10.1 Å². The van der Waals surface area contributed by atoms with Crippen molar-refractivity contribution in [3.8, 4) is 0 Å². The fourth-order valence-corrected chi connectivity index (χ4v) is 5.11. The third-order valence-corrected chi connectivity index (χ3v) is 7.22. The molecule has 0 bridgehead atoms. The van der Waals surface area contributed by atoms with Crippen LogP contribution in [0.5, 0.6) is 0 Å². The Morgan fingerprint density at radius 1 is 1.21 bits per heavy atom. The standard InChI is InChI=1S/C18H20BrN3O5S/c1-20(13-14-4-2-3-5-16(14)19)17-7-6-15(22(23)24)12-18(17)28(25,26)21-8-10-27-11-9-21/h2-7,12H,8-11,13H2,1H3. The normalized spacial score (nSPS) is 15.4. The molecule has 1 heterocycles. The van der Waals surface area contributed by atoms with E-state index < -0.39 is 14.9 Å². The van der Waals surface area contributed by atoms with Crippen molar-refractivity contribution in [2.75, 3.05) is 38.3 Å². The zero-order valence-electron chi connectivity index (χ0n) is 15.2. The Morgan fingerprint density at radius 3 is 2.54 bits per heavy atom. The molecule has 1 fully saturated rings. The lowest BCUT2D eigenvalue weighted by Crippen LogP contribution is -2.41. The Hall–Kier alpha value is -2.01. The Balaban J connectivity index is 2.03. The molecule has 0 unspecified atom stereocenters. The number of rotatable bonds is 6. The van der Waals surface area contributed by atoms with Gasteiger partial charge in [0.25, 0.3) is 5.69 Å². The van der Waals surface area contributed by atoms with E-state index in [2.05, 4.69) is 15.9 Å². The first-order valence-corrected chi connectivity index (χ1v) is 10.8. The second kappa shape index (κ2) is 8.56. The number of morpholine rings is 1. The van der Waals surface area contributed by atoms with E-state index in [9.17, 15) is 18.5 Å². The number of benzene rings is 2. The zero-order valence-corrected chi connectivity index (χ0v) is 17.6. The predicted octanol–water partition coefficient (Wildman–Crippen LogP) is 3.01. The number of nitro groups is 1. The number of non-ortho nitro benzene ring substituents is 1. The first-order valence-electron chi connectivity index (χ1n) is 8.61. The average Bonchev–Trinajstić information content (AvgIpc) is 2.69. The van der Waals surface area contributed by atoms with Crippen LogP contribution in [0.1, 0.15) is 5.56 Å². The van der Waals surface area contributed by atoms with Crippen LogP contribution < -0.4 is 4.90 Å². The van der Waals surface area contributed by atoms with Gasteiger partial charge in [0.1, 0.15) is 4.90 Å². The third kappa shape index (κ3) is 4.35. The van der Waals surface area contributed by atoms with Crippen molar-refractivity contribution in [1.29, 1.82) is 0 Å². The van der Waals surface area contributed by atoms with E-state index >= 15 is 0 Å². The van der Waals surface area contributed by atoms with Crippen molar-refractivity contribution in [3.05, 3.63) is 62.6 Å². The lowest BCUT2D eigenvalue weighted by Gasteiger charge is -2.29. The SMILES string of the molecule is CN(Cc1ccccc1Br)c1ccc([N+](=O)[O-])cc1S(=O)(=O)N1CCOCC1. The van der Waals surface area contributed by atoms with Crippen LogP contribution in [0.4, 0.5) is 11.4 Å². The molecule has 0 amide bonds. The third-order valence-electron chi connectivity index (χ3n) is 4.52. The van der Waals surface area contributed by atoms with Gasteiger partial charge in [-0.3, -0.25) is 10.1 Å². The van der Waals surface area contributed by atoms with Gasteiger partial charge in [0, 0.05) is 43.3 Å². The topological polar surface area (TPSA) is 93.0 Å². The first kappa shape index (κ1) is 20.7. The van der Waals surface area contributed by atoms with Crippen LogP contribution in [0.3, 0.4) is 0 Å². The highest BCUT2D eigenvalue weighted by Crippen LogP contribution is 2.32. The van der Waals surface area contributed by atoms with Crippen LogP contribution in [-0.2, 0) is 21.3 Å². The van der Waals surface area contributed by atoms with Crippen LogP contribution in [0.25, 0.3) is 0 Å². The summed E-state index contributed by atoms with van der Waals surface area (Å²) in [5, 5.41) is 11.2. The van der Waals surface area contributed by atoms with Gasteiger partial charge >= 0.3 is 0 Å². The minimum atomic E-state index is -3.90. The molecule has 0 spiro atoms. The first-order chi connectivity index (χ1) is 13.3. The molecule has 150 valence electrons. The Morgan fingerprint density at radius 2 is 1.89 bits per heavy atom. The molecule has 2 aromatic rings. The highest BCUT2D eigenvalue weighted by Gasteiger charge is 2.31. The molecule has 0 aliphatic carbocycles. The molecular weight excluding hydrogens is 450 g/mol. The van der Waals surface area contributed by atoms with Gasteiger partial charge in [-0.25, -0.2) is 8.42 Å². The molecule has 0 saturated carbocycles. The number of ether oxygens (including phenoxy) is 1. The Kier molecular flexibility index (Phi) is 6.33. The number of halogens is 1. The van der Waals surface area contributed by atoms with Gasteiger partial charge < -0.3 is 9.64 Å². The van der Waals surface area contributed by atoms with Gasteiger partial charge in [0.05, 0.1) is 23.8 Å². The molecule has 3 rings (SSSR count). The molecule has 1 aliphatic heterocycles. The average molecular weight is 470 g/mol. The van der Waals surface area contributed by atoms with Crippen molar-refractivity contribution in [2.24, 2.45) is 0 Å². The largest absolute Gasteiger partial charge is 0.379 e. The fourth-order valence-electron chi connectivity index (χ4n) is 3.03. The summed E-state index contributed by atoms with van der Waals surface area (Å²) in [5.41, 5.74) is 1.12. The number of nitrogens with zero attached hydrogens (tertiary/aromatic N) is 3. The van der Waals surface area contributed by atoms with Gasteiger partial charge in [-0.2, -0.15) is 4.31 Å². The number of nitro benzene ring substituents is 1. The molecule has 0 radical (unpaired) electrons. The lowest BCUT2D eigenvalue weighted by molar-refractivity contribution is -0.385. The van der Waals surface area contributed by atoms with Gasteiger partial charge in [-0.05, 0) is 17.7 Å². The van der Waals surface area contributed by atoms with E-state index in [1.54, 1.807) is 11.9 Å². The minimum Gasteiger partial charge on any atom is -0.379 e. The molecule has 2 aromatic carbocycles. The van der Waals surface area contributed by atoms with Crippen molar-refractivity contribution < 1.29 is 18.1 Å². The van der Waals surface area contributed by atoms with Crippen LogP contribution in [0.2, 0.25) is 0 Å². The van der Waals surface area contributed by atoms with Crippen molar-refractivity contribution in [3.63, 3.8) is 0 Å². The summed E-state index contributed by atoms with van der Waals surface area (Å²) in [6.07, 6.45) is 0. The van der Waals surface area contributed by atoms with E-state index in [-0.39, 0.29) is 23.7 Å². The Labute approximate surface area is 172 Å². The second-order valence-corrected chi connectivity index (χ2v) is 9.13. The molecule has 0 N–H and O–H groups in total. The summed E-state index contributed by atoms with van der Waals surface area (Å²) in [4.78, 5) is 12.3. The maximum atomic E-state index is 13.2. The Bertz CT molecular complexity index is 977. The number of sulfonamides is 1. The fraction of sp³-hybridized carbons (Fsp3) is 0.333. The van der Waals surface area contributed by atoms with Crippen LogP contribution in [-0.4, -0.2) is 51.0 Å². The smallest absolute Gasteiger partial charge is 0.270 e. The van der Waals surface area contributed by atoms with E-state index in [1.165, 1.54) is 16.4 Å². The summed E-state index contributed by atoms with van der Waals surface area (Å²) in [6.45, 7) is 1.48. The maximum Gasteiger partial charge on any atom is 0.270 e. The van der Waals surface area contributed by atoms with Crippen LogP contribution >= 0.6 is 15.9 Å². The van der Waals surface area contributed by atoms with Crippen molar-refractivity contribution in [2.45, 2.75) is 11.4 Å². The van der Waals surface area contributed by atoms with Crippen molar-refractivity contribution in [1.82, 2.24) is 4.31 Å². The molecule has 1 saturated heterocycles. The quantitative estimate of drug-likeness (QED) is 0.476. The summed E-state index contributed by atoms with van der Waals surface area (Å²) in [7, 11) is -2.14. The highest BCUT2D eigenvalue weighted by atomic mass is 79.9. The van der Waals surface area contributed by atoms with Gasteiger partial charge in [-0.15, -0.1) is 0 Å². The summed E-state index contributed by atoms with van der Waals surface area (Å²) >= 11 is 3.49. The van der Waals surface area contributed by atoms with E-state index in [0.717, 1.165) is 16.1 Å². The molecule has 0 aromatic heterocycles. The summed E-state index contributed by atoms with van der Waals surface area (Å²) in [5.74, 6) is 0. The second-order valence-electron chi connectivity index (χ2n) is 6.37. The molecule has 1 aliphatic rings. The molecule has 28 heavy (non-hydrogen) atoms. The molecule has 0 atom stereocenters. The number of anilines is 1.